The summed E-state index contributed by atoms with van der Waals surface area (Å²) in [6.45, 7) is 2.98. The van der Waals surface area contributed by atoms with Crippen molar-refractivity contribution in [1.29, 1.82) is 0 Å². The summed E-state index contributed by atoms with van der Waals surface area (Å²) >= 11 is 0. The fourth-order valence-electron chi connectivity index (χ4n) is 3.84. The molecular weight excluding hydrogens is 439 g/mol. The number of anilines is 2. The van der Waals surface area contributed by atoms with Gasteiger partial charge in [-0.3, -0.25) is 9.72 Å². The number of amides is 1. The molecule has 172 valence electrons. The van der Waals surface area contributed by atoms with Crippen LogP contribution >= 0.6 is 0 Å². The molecule has 0 radical (unpaired) electrons. The summed E-state index contributed by atoms with van der Waals surface area (Å²) in [6.07, 6.45) is 4.78. The van der Waals surface area contributed by atoms with Crippen LogP contribution in [0.4, 0.5) is 20.7 Å². The molecule has 1 aliphatic rings. The van der Waals surface area contributed by atoms with Gasteiger partial charge in [0.2, 0.25) is 0 Å². The maximum absolute atomic E-state index is 13.5. The number of fused-ring (bicyclic) bond motifs is 1. The molecule has 0 atom stereocenters. The predicted octanol–water partition coefficient (Wildman–Crippen LogP) is 4.22. The molecule has 9 nitrogen and oxygen atoms in total. The van der Waals surface area contributed by atoms with E-state index in [2.05, 4.69) is 25.2 Å². The Balaban J connectivity index is 1.54. The van der Waals surface area contributed by atoms with E-state index in [0.717, 1.165) is 33.7 Å². The number of nitrogens with one attached hydrogen (secondary N) is 1. The van der Waals surface area contributed by atoms with Gasteiger partial charge in [0.05, 0.1) is 25.5 Å². The first-order chi connectivity index (χ1) is 16.5. The molecular formula is C24H21FN6O3. The van der Waals surface area contributed by atoms with Crippen LogP contribution in [0, 0.1) is 12.7 Å². The Bertz CT molecular complexity index is 1380. The zero-order valence-electron chi connectivity index (χ0n) is 18.5. The van der Waals surface area contributed by atoms with Crippen LogP contribution in [0.5, 0.6) is 0 Å². The highest BCUT2D eigenvalue weighted by Crippen LogP contribution is 2.26. The van der Waals surface area contributed by atoms with Gasteiger partial charge in [0.15, 0.2) is 5.84 Å². The summed E-state index contributed by atoms with van der Waals surface area (Å²) in [6, 6.07) is 11.8. The first kappa shape index (κ1) is 21.4. The Labute approximate surface area is 194 Å². The van der Waals surface area contributed by atoms with E-state index in [4.69, 9.17) is 4.84 Å². The molecule has 0 spiro atoms. The van der Waals surface area contributed by atoms with Crippen LogP contribution in [0.2, 0.25) is 0 Å². The number of carbonyl (C=O) groups is 1. The minimum atomic E-state index is -0.587. The number of hydrogen-bond donors (Lipinski definition) is 1. The number of halogens is 1. The van der Waals surface area contributed by atoms with E-state index in [-0.39, 0.29) is 5.82 Å². The van der Waals surface area contributed by atoms with E-state index in [1.54, 1.807) is 30.6 Å². The molecule has 0 aliphatic carbocycles. The van der Waals surface area contributed by atoms with E-state index in [1.807, 2.05) is 34.6 Å². The number of hydrogen-bond acceptors (Lipinski definition) is 7. The molecule has 1 amide bonds. The molecule has 3 aromatic heterocycles. The lowest BCUT2D eigenvalue weighted by Gasteiger charge is -2.29. The number of nitrogens with zero attached hydrogens (tertiary/aromatic N) is 5. The summed E-state index contributed by atoms with van der Waals surface area (Å²) in [5.74, 6) is 0.709. The normalized spacial score (nSPS) is 13.4. The van der Waals surface area contributed by atoms with Gasteiger partial charge < -0.3 is 14.5 Å². The topological polar surface area (TPSA) is 93.3 Å². The second kappa shape index (κ2) is 8.81. The monoisotopic (exact) mass is 460 g/mol. The lowest BCUT2D eigenvalue weighted by atomic mass is 10.1. The Kier molecular flexibility index (Phi) is 5.54. The molecule has 1 N–H and O–H groups in total. The van der Waals surface area contributed by atoms with Gasteiger partial charge in [-0.25, -0.2) is 19.2 Å². The Hall–Kier alpha value is -4.47. The number of carbonyl (C=O) groups excluding carboxylic acids is 1. The van der Waals surface area contributed by atoms with Crippen molar-refractivity contribution in [1.82, 2.24) is 14.4 Å². The highest BCUT2D eigenvalue weighted by Gasteiger charge is 2.22. The van der Waals surface area contributed by atoms with Crippen molar-refractivity contribution in [3.63, 3.8) is 0 Å². The first-order valence-corrected chi connectivity index (χ1v) is 10.6. The van der Waals surface area contributed by atoms with Crippen LogP contribution in [0.3, 0.4) is 0 Å². The third kappa shape index (κ3) is 4.01. The van der Waals surface area contributed by atoms with E-state index >= 15 is 0 Å². The lowest BCUT2D eigenvalue weighted by Crippen LogP contribution is -2.38. The average Bonchev–Trinajstić information content (AvgIpc) is 3.29. The van der Waals surface area contributed by atoms with Gasteiger partial charge in [0.1, 0.15) is 23.9 Å². The lowest BCUT2D eigenvalue weighted by molar-refractivity contribution is 0.142. The Morgan fingerprint density at radius 1 is 1.12 bits per heavy atom. The minimum absolute atomic E-state index is 0.294. The number of aryl methyl sites for hydroxylation is 1. The summed E-state index contributed by atoms with van der Waals surface area (Å²) in [4.78, 5) is 27.7. The number of amidine groups is 1. The number of oxime groups is 1. The van der Waals surface area contributed by atoms with E-state index < -0.39 is 6.09 Å². The van der Waals surface area contributed by atoms with Crippen LogP contribution in [0.25, 0.3) is 16.9 Å². The third-order valence-electron chi connectivity index (χ3n) is 5.47. The highest BCUT2D eigenvalue weighted by molar-refractivity contribution is 6.10. The van der Waals surface area contributed by atoms with Crippen molar-refractivity contribution in [3.05, 3.63) is 78.0 Å². The summed E-state index contributed by atoms with van der Waals surface area (Å²) < 4.78 is 20.0. The fraction of sp³-hybridized carbons (Fsp3) is 0.167. The molecule has 10 heteroatoms. The molecule has 0 saturated carbocycles. The largest absolute Gasteiger partial charge is 0.453 e. The summed E-state index contributed by atoms with van der Waals surface area (Å²) in [7, 11) is 1.29. The molecule has 4 aromatic rings. The number of aromatic nitrogens is 3. The van der Waals surface area contributed by atoms with Gasteiger partial charge in [-0.05, 0) is 55.0 Å². The van der Waals surface area contributed by atoms with E-state index in [0.29, 0.717) is 24.8 Å². The van der Waals surface area contributed by atoms with Gasteiger partial charge in [-0.15, -0.1) is 0 Å². The molecule has 5 rings (SSSR count). The molecule has 0 bridgehead atoms. The molecule has 1 aliphatic heterocycles. The molecule has 0 unspecified atom stereocenters. The summed E-state index contributed by atoms with van der Waals surface area (Å²) in [5.41, 5.74) is 5.03. The maximum atomic E-state index is 13.5. The van der Waals surface area contributed by atoms with Crippen molar-refractivity contribution < 1.29 is 18.8 Å². The maximum Gasteiger partial charge on any atom is 0.412 e. The van der Waals surface area contributed by atoms with Crippen molar-refractivity contribution >= 4 is 29.1 Å². The smallest absolute Gasteiger partial charge is 0.412 e. The van der Waals surface area contributed by atoms with Crippen LogP contribution in [0.1, 0.15) is 11.1 Å². The van der Waals surface area contributed by atoms with E-state index in [1.165, 1.54) is 19.2 Å². The second-order valence-electron chi connectivity index (χ2n) is 7.67. The van der Waals surface area contributed by atoms with Crippen LogP contribution < -0.4 is 10.2 Å². The summed E-state index contributed by atoms with van der Waals surface area (Å²) in [5, 5.41) is 6.85. The van der Waals surface area contributed by atoms with Crippen molar-refractivity contribution in [2.24, 2.45) is 5.16 Å². The number of rotatable bonds is 4. The molecule has 1 aromatic carbocycles. The molecule has 0 fully saturated rings. The molecule has 34 heavy (non-hydrogen) atoms. The first-order valence-electron chi connectivity index (χ1n) is 10.6. The standard InChI is InChI=1S/C24H21FN6O3/c1-15-11-17(23-29-34-10-9-30(23)19-6-4-18(25)5-7-19)14-31-20(13-27-22(15)31)16-3-8-21(26-12-16)28-24(32)33-2/h3-8,11-14H,9-10H2,1-2H3,(H,26,28,32). The zero-order valence-corrected chi connectivity index (χ0v) is 18.5. The van der Waals surface area contributed by atoms with E-state index in [9.17, 15) is 9.18 Å². The van der Waals surface area contributed by atoms with Gasteiger partial charge >= 0.3 is 6.09 Å². The van der Waals surface area contributed by atoms with Gasteiger partial charge in [0.25, 0.3) is 0 Å². The van der Waals surface area contributed by atoms with Crippen LogP contribution in [-0.2, 0) is 9.57 Å². The van der Waals surface area contributed by atoms with Gasteiger partial charge in [-0.2, -0.15) is 0 Å². The average molecular weight is 460 g/mol. The zero-order chi connectivity index (χ0) is 23.7. The van der Waals surface area contributed by atoms with Crippen LogP contribution in [-0.4, -0.2) is 46.6 Å². The Morgan fingerprint density at radius 2 is 1.94 bits per heavy atom. The molecule has 4 heterocycles. The second-order valence-corrected chi connectivity index (χ2v) is 7.67. The van der Waals surface area contributed by atoms with Gasteiger partial charge in [0, 0.05) is 29.2 Å². The minimum Gasteiger partial charge on any atom is -0.453 e. The van der Waals surface area contributed by atoms with Crippen molar-refractivity contribution in [3.8, 4) is 11.3 Å². The third-order valence-corrected chi connectivity index (χ3v) is 5.47. The predicted molar refractivity (Wildman–Crippen MR) is 125 cm³/mol. The van der Waals surface area contributed by atoms with Crippen molar-refractivity contribution in [2.45, 2.75) is 6.92 Å². The number of ether oxygens (including phenoxy) is 1. The SMILES string of the molecule is COC(=O)Nc1ccc(-c2cnc3c(C)cc(C4=NOCCN4c4ccc(F)cc4)cn23)cn1. The Morgan fingerprint density at radius 3 is 2.68 bits per heavy atom. The quantitative estimate of drug-likeness (QED) is 0.490. The molecule has 0 saturated heterocycles. The number of methoxy groups -OCH3 is 1. The van der Waals surface area contributed by atoms with Crippen molar-refractivity contribution in [2.75, 3.05) is 30.5 Å². The van der Waals surface area contributed by atoms with Crippen LogP contribution in [0.15, 0.2) is 66.2 Å². The fourth-order valence-corrected chi connectivity index (χ4v) is 3.84. The number of imidazole rings is 1. The number of pyridine rings is 2. The number of benzene rings is 1. The van der Waals surface area contributed by atoms with Gasteiger partial charge in [-0.1, -0.05) is 5.16 Å². The highest BCUT2D eigenvalue weighted by atomic mass is 19.1.